The lowest BCUT2D eigenvalue weighted by Gasteiger charge is -2.24. The number of ether oxygens (including phenoxy) is 1. The quantitative estimate of drug-likeness (QED) is 0.794. The number of hydrogen-bond acceptors (Lipinski definition) is 4. The van der Waals surface area contributed by atoms with Crippen LogP contribution in [0.2, 0.25) is 0 Å². The molecule has 0 amide bonds. The molecule has 1 N–H and O–H groups in total. The van der Waals surface area contributed by atoms with E-state index in [1.807, 2.05) is 13.8 Å². The van der Waals surface area contributed by atoms with Gasteiger partial charge in [0, 0.05) is 12.6 Å². The van der Waals surface area contributed by atoms with Gasteiger partial charge in [-0.25, -0.2) is 0 Å². The van der Waals surface area contributed by atoms with Crippen molar-refractivity contribution in [3.05, 3.63) is 22.4 Å². The molecule has 0 saturated heterocycles. The summed E-state index contributed by atoms with van der Waals surface area (Å²) in [5.74, 6) is -0.173. The summed E-state index contributed by atoms with van der Waals surface area (Å²) in [7, 11) is 1.43. The van der Waals surface area contributed by atoms with Crippen LogP contribution in [-0.4, -0.2) is 25.7 Å². The fourth-order valence-electron chi connectivity index (χ4n) is 1.61. The summed E-state index contributed by atoms with van der Waals surface area (Å²) in [6, 6.07) is 2.49. The van der Waals surface area contributed by atoms with Gasteiger partial charge >= 0.3 is 5.97 Å². The average molecular weight is 255 g/mol. The maximum Gasteiger partial charge on any atom is 0.312 e. The van der Waals surface area contributed by atoms with Crippen molar-refractivity contribution in [1.29, 1.82) is 0 Å². The van der Waals surface area contributed by atoms with E-state index in [4.69, 9.17) is 4.74 Å². The molecule has 0 aliphatic rings. The van der Waals surface area contributed by atoms with Crippen LogP contribution in [0.1, 0.15) is 26.3 Å². The summed E-state index contributed by atoms with van der Waals surface area (Å²) in [5, 5.41) is 7.62. The second-order valence-electron chi connectivity index (χ2n) is 4.99. The van der Waals surface area contributed by atoms with E-state index in [0.29, 0.717) is 12.6 Å². The largest absolute Gasteiger partial charge is 0.469 e. The molecule has 0 fully saturated rings. The normalized spacial score (nSPS) is 13.4. The monoisotopic (exact) mass is 255 g/mol. The predicted molar refractivity (Wildman–Crippen MR) is 71.3 cm³/mol. The van der Waals surface area contributed by atoms with Crippen molar-refractivity contribution in [2.24, 2.45) is 5.41 Å². The van der Waals surface area contributed by atoms with Crippen molar-refractivity contribution >= 4 is 17.3 Å². The topological polar surface area (TPSA) is 38.3 Å². The summed E-state index contributed by atoms with van der Waals surface area (Å²) >= 11 is 1.71. The van der Waals surface area contributed by atoms with Gasteiger partial charge in [-0.3, -0.25) is 4.79 Å². The Labute approximate surface area is 107 Å². The Morgan fingerprint density at radius 1 is 1.59 bits per heavy atom. The summed E-state index contributed by atoms with van der Waals surface area (Å²) in [4.78, 5) is 11.5. The lowest BCUT2D eigenvalue weighted by molar-refractivity contribution is -0.150. The average Bonchev–Trinajstić information content (AvgIpc) is 2.78. The first-order chi connectivity index (χ1) is 7.95. The SMILES string of the molecule is COC(=O)C(C)(C)CNC(C)Cc1ccsc1. The van der Waals surface area contributed by atoms with E-state index in [1.54, 1.807) is 11.3 Å². The predicted octanol–water partition coefficient (Wildman–Crippen LogP) is 2.47. The van der Waals surface area contributed by atoms with Gasteiger partial charge in [0.2, 0.25) is 0 Å². The van der Waals surface area contributed by atoms with Crippen LogP contribution < -0.4 is 5.32 Å². The van der Waals surface area contributed by atoms with Gasteiger partial charge in [0.15, 0.2) is 0 Å². The molecular formula is C13H21NO2S. The molecule has 0 saturated carbocycles. The number of methoxy groups -OCH3 is 1. The number of hydrogen-bond donors (Lipinski definition) is 1. The molecule has 4 heteroatoms. The minimum atomic E-state index is -0.475. The molecule has 0 radical (unpaired) electrons. The summed E-state index contributed by atoms with van der Waals surface area (Å²) in [6.07, 6.45) is 0.987. The Morgan fingerprint density at radius 3 is 2.82 bits per heavy atom. The van der Waals surface area contributed by atoms with E-state index in [0.717, 1.165) is 6.42 Å². The highest BCUT2D eigenvalue weighted by Crippen LogP contribution is 2.16. The van der Waals surface area contributed by atoms with Gasteiger partial charge < -0.3 is 10.1 Å². The number of rotatable bonds is 6. The van der Waals surface area contributed by atoms with Crippen molar-refractivity contribution in [2.45, 2.75) is 33.2 Å². The maximum absolute atomic E-state index is 11.5. The highest BCUT2D eigenvalue weighted by Gasteiger charge is 2.28. The van der Waals surface area contributed by atoms with Crippen molar-refractivity contribution in [3.8, 4) is 0 Å². The van der Waals surface area contributed by atoms with Gasteiger partial charge in [-0.05, 0) is 49.6 Å². The van der Waals surface area contributed by atoms with Crippen LogP contribution in [0.5, 0.6) is 0 Å². The molecule has 0 bridgehead atoms. The minimum Gasteiger partial charge on any atom is -0.469 e. The summed E-state index contributed by atoms with van der Waals surface area (Å²) < 4.78 is 4.78. The molecule has 17 heavy (non-hydrogen) atoms. The number of nitrogens with one attached hydrogen (secondary N) is 1. The second-order valence-corrected chi connectivity index (χ2v) is 5.77. The van der Waals surface area contributed by atoms with Gasteiger partial charge in [-0.1, -0.05) is 0 Å². The third kappa shape index (κ3) is 4.48. The molecule has 0 aromatic carbocycles. The number of esters is 1. The zero-order chi connectivity index (χ0) is 12.9. The molecule has 1 heterocycles. The molecule has 0 aliphatic carbocycles. The number of carbonyl (C=O) groups is 1. The molecule has 96 valence electrons. The molecule has 1 rings (SSSR count). The van der Waals surface area contributed by atoms with E-state index in [1.165, 1.54) is 12.7 Å². The molecule has 3 nitrogen and oxygen atoms in total. The van der Waals surface area contributed by atoms with Gasteiger partial charge in [-0.15, -0.1) is 0 Å². The van der Waals surface area contributed by atoms with Crippen LogP contribution in [0.3, 0.4) is 0 Å². The van der Waals surface area contributed by atoms with Gasteiger partial charge in [-0.2, -0.15) is 11.3 Å². The molecule has 1 aromatic heterocycles. The van der Waals surface area contributed by atoms with Crippen LogP contribution in [-0.2, 0) is 16.0 Å². The van der Waals surface area contributed by atoms with E-state index >= 15 is 0 Å². The standard InChI is InChI=1S/C13H21NO2S/c1-10(7-11-5-6-17-8-11)14-9-13(2,3)12(15)16-4/h5-6,8,10,14H,7,9H2,1-4H3. The van der Waals surface area contributed by atoms with Gasteiger partial charge in [0.05, 0.1) is 12.5 Å². The van der Waals surface area contributed by atoms with E-state index in [-0.39, 0.29) is 5.97 Å². The van der Waals surface area contributed by atoms with Crippen LogP contribution in [0.15, 0.2) is 16.8 Å². The summed E-state index contributed by atoms with van der Waals surface area (Å²) in [5.41, 5.74) is 0.864. The first-order valence-corrected chi connectivity index (χ1v) is 6.73. The van der Waals surface area contributed by atoms with Crippen LogP contribution in [0.4, 0.5) is 0 Å². The Morgan fingerprint density at radius 2 is 2.29 bits per heavy atom. The van der Waals surface area contributed by atoms with Crippen molar-refractivity contribution < 1.29 is 9.53 Å². The zero-order valence-corrected chi connectivity index (χ0v) is 11.8. The van der Waals surface area contributed by atoms with Gasteiger partial charge in [0.1, 0.15) is 0 Å². The molecule has 1 atom stereocenters. The fraction of sp³-hybridized carbons (Fsp3) is 0.615. The van der Waals surface area contributed by atoms with E-state index in [2.05, 4.69) is 29.1 Å². The second kappa shape index (κ2) is 6.17. The number of carbonyl (C=O) groups excluding carboxylic acids is 1. The smallest absolute Gasteiger partial charge is 0.312 e. The maximum atomic E-state index is 11.5. The van der Waals surface area contributed by atoms with Gasteiger partial charge in [0.25, 0.3) is 0 Å². The molecule has 1 unspecified atom stereocenters. The zero-order valence-electron chi connectivity index (χ0n) is 10.9. The van der Waals surface area contributed by atoms with Crippen molar-refractivity contribution in [3.63, 3.8) is 0 Å². The fourth-order valence-corrected chi connectivity index (χ4v) is 2.29. The Balaban J connectivity index is 2.37. The Hall–Kier alpha value is -0.870. The first-order valence-electron chi connectivity index (χ1n) is 5.78. The third-order valence-electron chi connectivity index (χ3n) is 2.75. The van der Waals surface area contributed by atoms with E-state index in [9.17, 15) is 4.79 Å². The van der Waals surface area contributed by atoms with Crippen LogP contribution in [0.25, 0.3) is 0 Å². The Bertz CT molecular complexity index is 346. The minimum absolute atomic E-state index is 0.173. The molecule has 0 aliphatic heterocycles. The molecule has 1 aromatic rings. The third-order valence-corrected chi connectivity index (χ3v) is 3.48. The van der Waals surface area contributed by atoms with Crippen molar-refractivity contribution in [1.82, 2.24) is 5.32 Å². The van der Waals surface area contributed by atoms with Crippen molar-refractivity contribution in [2.75, 3.05) is 13.7 Å². The Kier molecular flexibility index (Phi) is 5.15. The first kappa shape index (κ1) is 14.2. The molecular weight excluding hydrogens is 234 g/mol. The van der Waals surface area contributed by atoms with Crippen LogP contribution in [0, 0.1) is 5.41 Å². The van der Waals surface area contributed by atoms with E-state index < -0.39 is 5.41 Å². The summed E-state index contributed by atoms with van der Waals surface area (Å²) in [6.45, 7) is 6.54. The number of thiophene rings is 1. The lowest BCUT2D eigenvalue weighted by atomic mass is 9.93. The van der Waals surface area contributed by atoms with Crippen LogP contribution >= 0.6 is 11.3 Å². The molecule has 0 spiro atoms. The highest BCUT2D eigenvalue weighted by atomic mass is 32.1. The highest BCUT2D eigenvalue weighted by molar-refractivity contribution is 7.07. The lowest BCUT2D eigenvalue weighted by Crippen LogP contribution is -2.41.